The van der Waals surface area contributed by atoms with E-state index in [1.54, 1.807) is 6.07 Å². The number of aryl methyl sites for hydroxylation is 3. The molecule has 0 amide bonds. The maximum Gasteiger partial charge on any atom is 0.142 e. The van der Waals surface area contributed by atoms with E-state index in [-0.39, 0.29) is 17.0 Å². The molecule has 0 spiro atoms. The Morgan fingerprint density at radius 3 is 1.95 bits per heavy atom. The Hall–Kier alpha value is -2.26. The van der Waals surface area contributed by atoms with Crippen molar-refractivity contribution < 1.29 is 13.2 Å². The van der Waals surface area contributed by atoms with Crippen LogP contribution in [-0.2, 0) is 25.7 Å². The second-order valence-electron chi connectivity index (χ2n) is 11.4. The molecule has 0 aliphatic heterocycles. The molecule has 0 nitrogen and oxygen atoms in total. The Bertz CT molecular complexity index is 1160. The Morgan fingerprint density at radius 2 is 1.28 bits per heavy atom. The van der Waals surface area contributed by atoms with Crippen LogP contribution >= 0.6 is 11.6 Å². The van der Waals surface area contributed by atoms with E-state index in [0.29, 0.717) is 30.2 Å². The first-order chi connectivity index (χ1) is 18.9. The Labute approximate surface area is 238 Å². The summed E-state index contributed by atoms with van der Waals surface area (Å²) in [7, 11) is 0. The summed E-state index contributed by atoms with van der Waals surface area (Å²) >= 11 is 5.72. The van der Waals surface area contributed by atoms with E-state index < -0.39 is 17.5 Å². The van der Waals surface area contributed by atoms with Crippen LogP contribution in [0, 0.1) is 23.4 Å². The number of rotatable bonds is 13. The van der Waals surface area contributed by atoms with Crippen LogP contribution in [-0.4, -0.2) is 0 Å². The quantitative estimate of drug-likeness (QED) is 0.184. The molecule has 0 saturated heterocycles. The molecular weight excluding hydrogens is 513 g/mol. The molecule has 4 rings (SSSR count). The van der Waals surface area contributed by atoms with Gasteiger partial charge in [-0.1, -0.05) is 74.5 Å². The lowest BCUT2D eigenvalue weighted by molar-refractivity contribution is 0.310. The minimum atomic E-state index is -0.513. The molecule has 1 aliphatic carbocycles. The third-order valence-electron chi connectivity index (χ3n) is 8.56. The van der Waals surface area contributed by atoms with Gasteiger partial charge in [0.05, 0.1) is 5.02 Å². The molecule has 0 radical (unpaired) electrons. The highest BCUT2D eigenvalue weighted by molar-refractivity contribution is 6.30. The zero-order chi connectivity index (χ0) is 27.6. The molecule has 3 aromatic rings. The van der Waals surface area contributed by atoms with Gasteiger partial charge in [-0.2, -0.15) is 0 Å². The Morgan fingerprint density at radius 1 is 0.641 bits per heavy atom. The fourth-order valence-corrected chi connectivity index (χ4v) is 6.17. The van der Waals surface area contributed by atoms with Crippen molar-refractivity contribution in [3.05, 3.63) is 105 Å². The SMILES string of the molecule is CCCCCCCc1ccc([C@H]2CC[C@H](CCc3cc(F)c(CCc4ccc(Cl)c(F)c4)c(F)c3)CC2)cc1. The second-order valence-corrected chi connectivity index (χ2v) is 11.9. The lowest BCUT2D eigenvalue weighted by Gasteiger charge is -2.29. The molecule has 4 heteroatoms. The van der Waals surface area contributed by atoms with E-state index in [9.17, 15) is 13.2 Å². The normalized spacial score (nSPS) is 17.5. The van der Waals surface area contributed by atoms with Gasteiger partial charge in [-0.3, -0.25) is 0 Å². The maximum absolute atomic E-state index is 14.8. The van der Waals surface area contributed by atoms with Gasteiger partial charge in [0.15, 0.2) is 0 Å². The number of hydrogen-bond acceptors (Lipinski definition) is 0. The predicted octanol–water partition coefficient (Wildman–Crippen LogP) is 11.0. The van der Waals surface area contributed by atoms with Crippen LogP contribution in [0.25, 0.3) is 0 Å². The summed E-state index contributed by atoms with van der Waals surface area (Å²) in [5.74, 6) is -0.293. The highest BCUT2D eigenvalue weighted by atomic mass is 35.5. The average molecular weight is 555 g/mol. The third kappa shape index (κ3) is 8.87. The minimum absolute atomic E-state index is 0.0476. The van der Waals surface area contributed by atoms with Crippen LogP contribution in [0.3, 0.4) is 0 Å². The van der Waals surface area contributed by atoms with Crippen molar-refractivity contribution in [3.8, 4) is 0 Å². The molecule has 0 aromatic heterocycles. The van der Waals surface area contributed by atoms with E-state index >= 15 is 0 Å². The average Bonchev–Trinajstić information content (AvgIpc) is 2.94. The van der Waals surface area contributed by atoms with Gasteiger partial charge >= 0.3 is 0 Å². The Kier molecular flexibility index (Phi) is 11.4. The molecule has 0 atom stereocenters. The lowest BCUT2D eigenvalue weighted by Crippen LogP contribution is -2.14. The van der Waals surface area contributed by atoms with Crippen LogP contribution in [0.4, 0.5) is 13.2 Å². The summed E-state index contributed by atoms with van der Waals surface area (Å²) in [4.78, 5) is 0. The van der Waals surface area contributed by atoms with Gasteiger partial charge in [0.25, 0.3) is 0 Å². The molecule has 1 fully saturated rings. The summed E-state index contributed by atoms with van der Waals surface area (Å²) < 4.78 is 43.2. The maximum atomic E-state index is 14.8. The standard InChI is InChI=1S/C35H42ClF3/c1-2-3-4-5-6-7-25-10-16-29(17-11-25)30-18-12-26(13-19-30)8-9-28-23-33(37)31(34(38)24-28)20-14-27-15-21-32(36)35(39)22-27/h10-11,15-17,21-24,26,30H,2-9,12-14,18-20H2,1H3/t26-,30-. The van der Waals surface area contributed by atoms with Crippen molar-refractivity contribution in [3.63, 3.8) is 0 Å². The molecule has 0 heterocycles. The van der Waals surface area contributed by atoms with Gasteiger partial charge in [-0.05, 0) is 123 Å². The zero-order valence-electron chi connectivity index (χ0n) is 23.3. The first-order valence-electron chi connectivity index (χ1n) is 14.9. The largest absolute Gasteiger partial charge is 0.207 e. The topological polar surface area (TPSA) is 0 Å². The summed E-state index contributed by atoms with van der Waals surface area (Å²) in [6.07, 6.45) is 14.7. The predicted molar refractivity (Wildman–Crippen MR) is 157 cm³/mol. The molecule has 210 valence electrons. The van der Waals surface area contributed by atoms with Crippen LogP contribution in [0.5, 0.6) is 0 Å². The fourth-order valence-electron chi connectivity index (χ4n) is 6.05. The van der Waals surface area contributed by atoms with Gasteiger partial charge in [0.1, 0.15) is 17.5 Å². The first-order valence-corrected chi connectivity index (χ1v) is 15.3. The monoisotopic (exact) mass is 554 g/mol. The molecule has 1 aliphatic rings. The van der Waals surface area contributed by atoms with Gasteiger partial charge in [-0.15, -0.1) is 0 Å². The zero-order valence-corrected chi connectivity index (χ0v) is 24.0. The molecule has 0 bridgehead atoms. The minimum Gasteiger partial charge on any atom is -0.207 e. The van der Waals surface area contributed by atoms with Gasteiger partial charge in [0, 0.05) is 5.56 Å². The smallest absolute Gasteiger partial charge is 0.142 e. The van der Waals surface area contributed by atoms with E-state index in [1.807, 2.05) is 0 Å². The molecule has 1 saturated carbocycles. The van der Waals surface area contributed by atoms with Gasteiger partial charge in [-0.25, -0.2) is 13.2 Å². The van der Waals surface area contributed by atoms with Crippen LogP contribution in [0.15, 0.2) is 54.6 Å². The number of hydrogen-bond donors (Lipinski definition) is 0. The van der Waals surface area contributed by atoms with Crippen molar-refractivity contribution >= 4 is 11.6 Å². The van der Waals surface area contributed by atoms with Gasteiger partial charge in [0.2, 0.25) is 0 Å². The highest BCUT2D eigenvalue weighted by Crippen LogP contribution is 2.38. The summed E-state index contributed by atoms with van der Waals surface area (Å²) in [5.41, 5.74) is 4.37. The van der Waals surface area contributed by atoms with Crippen LogP contribution in [0.2, 0.25) is 5.02 Å². The summed E-state index contributed by atoms with van der Waals surface area (Å²) in [6, 6.07) is 16.8. The first kappa shape index (κ1) is 29.7. The summed E-state index contributed by atoms with van der Waals surface area (Å²) in [6.45, 7) is 2.25. The van der Waals surface area contributed by atoms with Crippen molar-refractivity contribution in [2.45, 2.75) is 103 Å². The Balaban J connectivity index is 1.21. The number of halogens is 4. The lowest BCUT2D eigenvalue weighted by atomic mass is 9.76. The van der Waals surface area contributed by atoms with E-state index in [2.05, 4.69) is 31.2 Å². The van der Waals surface area contributed by atoms with Crippen molar-refractivity contribution in [1.29, 1.82) is 0 Å². The number of benzene rings is 3. The molecular formula is C35H42ClF3. The van der Waals surface area contributed by atoms with Crippen molar-refractivity contribution in [2.75, 3.05) is 0 Å². The van der Waals surface area contributed by atoms with Gasteiger partial charge < -0.3 is 0 Å². The van der Waals surface area contributed by atoms with Crippen LogP contribution < -0.4 is 0 Å². The van der Waals surface area contributed by atoms with Crippen LogP contribution in [0.1, 0.15) is 105 Å². The van der Waals surface area contributed by atoms with E-state index in [4.69, 9.17) is 11.6 Å². The highest BCUT2D eigenvalue weighted by Gasteiger charge is 2.22. The van der Waals surface area contributed by atoms with E-state index in [0.717, 1.165) is 12.0 Å². The molecule has 0 unspecified atom stereocenters. The molecule has 0 N–H and O–H groups in total. The third-order valence-corrected chi connectivity index (χ3v) is 8.86. The van der Waals surface area contributed by atoms with E-state index in [1.165, 1.54) is 99.6 Å². The van der Waals surface area contributed by atoms with Crippen molar-refractivity contribution in [2.24, 2.45) is 5.92 Å². The second kappa shape index (κ2) is 14.9. The van der Waals surface area contributed by atoms with Crippen molar-refractivity contribution in [1.82, 2.24) is 0 Å². The molecule has 39 heavy (non-hydrogen) atoms. The summed E-state index contributed by atoms with van der Waals surface area (Å²) in [5, 5.41) is 0.0476. The molecule has 3 aromatic carbocycles. The number of unbranched alkanes of at least 4 members (excludes halogenated alkanes) is 4. The fraction of sp³-hybridized carbons (Fsp3) is 0.486.